The van der Waals surface area contributed by atoms with E-state index in [1.54, 1.807) is 6.92 Å². The van der Waals surface area contributed by atoms with Gasteiger partial charge in [-0.15, -0.1) is 0 Å². The second-order valence-electron chi connectivity index (χ2n) is 7.35. The van der Waals surface area contributed by atoms with E-state index >= 15 is 0 Å². The van der Waals surface area contributed by atoms with E-state index in [-0.39, 0.29) is 24.0 Å². The van der Waals surface area contributed by atoms with Crippen LogP contribution in [0.25, 0.3) is 0 Å². The Morgan fingerprint density at radius 3 is 2.48 bits per heavy atom. The molecule has 0 aliphatic carbocycles. The van der Waals surface area contributed by atoms with Gasteiger partial charge in [0.25, 0.3) is 5.91 Å². The standard InChI is InChI=1S/C21H31NO5/c1-14(2)19(20(23)22-15(3)17-9-6-5-7-10-17)27-21(24)16(4)26-13-18-11-8-12-25-18/h5-7,9-10,14-16,18-19H,8,11-13H2,1-4H3,(H,22,23). The maximum Gasteiger partial charge on any atom is 0.335 e. The van der Waals surface area contributed by atoms with Crippen molar-refractivity contribution in [3.05, 3.63) is 35.9 Å². The Morgan fingerprint density at radius 2 is 1.89 bits per heavy atom. The predicted molar refractivity (Wildman–Crippen MR) is 102 cm³/mol. The van der Waals surface area contributed by atoms with E-state index in [0.717, 1.165) is 25.0 Å². The summed E-state index contributed by atoms with van der Waals surface area (Å²) < 4.78 is 16.5. The minimum absolute atomic E-state index is 0.0381. The molecule has 1 heterocycles. The molecule has 2 rings (SSSR count). The first-order chi connectivity index (χ1) is 12.9. The average molecular weight is 377 g/mol. The molecule has 27 heavy (non-hydrogen) atoms. The lowest BCUT2D eigenvalue weighted by Crippen LogP contribution is -2.43. The smallest absolute Gasteiger partial charge is 0.335 e. The van der Waals surface area contributed by atoms with Crippen LogP contribution in [0.5, 0.6) is 0 Å². The number of nitrogens with one attached hydrogen (secondary N) is 1. The maximum absolute atomic E-state index is 12.6. The molecule has 0 spiro atoms. The van der Waals surface area contributed by atoms with Gasteiger partial charge < -0.3 is 19.5 Å². The first-order valence-electron chi connectivity index (χ1n) is 9.67. The maximum atomic E-state index is 12.6. The molecule has 0 aromatic heterocycles. The topological polar surface area (TPSA) is 73.9 Å². The van der Waals surface area contributed by atoms with Gasteiger partial charge in [-0.2, -0.15) is 0 Å². The minimum atomic E-state index is -0.863. The van der Waals surface area contributed by atoms with Gasteiger partial charge in [0.1, 0.15) is 0 Å². The molecule has 1 aliphatic rings. The summed E-state index contributed by atoms with van der Waals surface area (Å²) in [7, 11) is 0. The molecule has 150 valence electrons. The summed E-state index contributed by atoms with van der Waals surface area (Å²) in [5, 5.41) is 2.92. The van der Waals surface area contributed by atoms with Crippen molar-refractivity contribution in [3.63, 3.8) is 0 Å². The van der Waals surface area contributed by atoms with Crippen LogP contribution in [-0.2, 0) is 23.8 Å². The van der Waals surface area contributed by atoms with Crippen LogP contribution < -0.4 is 5.32 Å². The molecule has 1 aromatic rings. The van der Waals surface area contributed by atoms with Gasteiger partial charge in [-0.1, -0.05) is 44.2 Å². The molecule has 1 saturated heterocycles. The van der Waals surface area contributed by atoms with Gasteiger partial charge in [0.05, 0.1) is 18.8 Å². The van der Waals surface area contributed by atoms with Crippen molar-refractivity contribution < 1.29 is 23.8 Å². The summed E-state index contributed by atoms with van der Waals surface area (Å²) in [6.45, 7) is 8.34. The van der Waals surface area contributed by atoms with E-state index < -0.39 is 18.2 Å². The highest BCUT2D eigenvalue weighted by molar-refractivity contribution is 5.85. The summed E-state index contributed by atoms with van der Waals surface area (Å²) in [5.74, 6) is -0.988. The highest BCUT2D eigenvalue weighted by atomic mass is 16.6. The molecule has 6 nitrogen and oxygen atoms in total. The zero-order valence-electron chi connectivity index (χ0n) is 16.6. The Kier molecular flexibility index (Phi) is 8.25. The van der Waals surface area contributed by atoms with E-state index in [1.165, 1.54) is 0 Å². The number of carbonyl (C=O) groups excluding carboxylic acids is 2. The molecule has 0 bridgehead atoms. The highest BCUT2D eigenvalue weighted by Crippen LogP contribution is 2.16. The van der Waals surface area contributed by atoms with Crippen molar-refractivity contribution in [1.82, 2.24) is 5.32 Å². The average Bonchev–Trinajstić information content (AvgIpc) is 3.17. The molecule has 1 amide bonds. The third kappa shape index (κ3) is 6.63. The van der Waals surface area contributed by atoms with Crippen LogP contribution in [0.1, 0.15) is 52.1 Å². The SMILES string of the molecule is CC(OCC1CCCO1)C(=O)OC(C(=O)NC(C)c1ccccc1)C(C)C. The van der Waals surface area contributed by atoms with Gasteiger partial charge in [-0.25, -0.2) is 4.79 Å². The lowest BCUT2D eigenvalue weighted by atomic mass is 10.0. The van der Waals surface area contributed by atoms with E-state index in [1.807, 2.05) is 51.1 Å². The van der Waals surface area contributed by atoms with Crippen molar-refractivity contribution in [2.75, 3.05) is 13.2 Å². The van der Waals surface area contributed by atoms with Crippen molar-refractivity contribution in [1.29, 1.82) is 0 Å². The number of hydrogen-bond acceptors (Lipinski definition) is 5. The number of amides is 1. The van der Waals surface area contributed by atoms with Crippen molar-refractivity contribution >= 4 is 11.9 Å². The van der Waals surface area contributed by atoms with Crippen LogP contribution in [0.4, 0.5) is 0 Å². The lowest BCUT2D eigenvalue weighted by molar-refractivity contribution is -0.170. The van der Waals surface area contributed by atoms with Gasteiger partial charge >= 0.3 is 5.97 Å². The van der Waals surface area contributed by atoms with Crippen LogP contribution in [-0.4, -0.2) is 43.4 Å². The molecular weight excluding hydrogens is 346 g/mol. The number of carbonyl (C=O) groups is 2. The Bertz CT molecular complexity index is 598. The number of benzene rings is 1. The fourth-order valence-electron chi connectivity index (χ4n) is 2.93. The monoisotopic (exact) mass is 377 g/mol. The van der Waals surface area contributed by atoms with Crippen LogP contribution in [0, 0.1) is 5.92 Å². The Labute approximate surface area is 161 Å². The number of ether oxygens (including phenoxy) is 3. The first kappa shape index (κ1) is 21.4. The lowest BCUT2D eigenvalue weighted by Gasteiger charge is -2.25. The summed E-state index contributed by atoms with van der Waals surface area (Å²) >= 11 is 0. The van der Waals surface area contributed by atoms with Gasteiger partial charge in [0.15, 0.2) is 12.2 Å². The summed E-state index contributed by atoms with van der Waals surface area (Å²) in [4.78, 5) is 25.0. The number of hydrogen-bond donors (Lipinski definition) is 1. The molecule has 1 N–H and O–H groups in total. The van der Waals surface area contributed by atoms with Crippen molar-refractivity contribution in [2.24, 2.45) is 5.92 Å². The Morgan fingerprint density at radius 1 is 1.19 bits per heavy atom. The van der Waals surface area contributed by atoms with E-state index in [9.17, 15) is 9.59 Å². The summed E-state index contributed by atoms with van der Waals surface area (Å²) in [6.07, 6.45) is 0.390. The number of esters is 1. The summed E-state index contributed by atoms with van der Waals surface area (Å²) in [5.41, 5.74) is 0.993. The van der Waals surface area contributed by atoms with Crippen molar-refractivity contribution in [2.45, 2.75) is 64.9 Å². The third-order valence-corrected chi connectivity index (χ3v) is 4.65. The van der Waals surface area contributed by atoms with Gasteiger partial charge in [0.2, 0.25) is 0 Å². The predicted octanol–water partition coefficient (Wildman–Crippen LogP) is 3.02. The normalized spacial score (nSPS) is 20.1. The van der Waals surface area contributed by atoms with Crippen LogP contribution in [0.15, 0.2) is 30.3 Å². The van der Waals surface area contributed by atoms with Crippen LogP contribution in [0.3, 0.4) is 0 Å². The van der Waals surface area contributed by atoms with Gasteiger partial charge in [-0.05, 0) is 38.2 Å². The fourth-order valence-corrected chi connectivity index (χ4v) is 2.93. The summed E-state index contributed by atoms with van der Waals surface area (Å²) in [6, 6.07) is 9.49. The van der Waals surface area contributed by atoms with Gasteiger partial charge in [0, 0.05) is 6.61 Å². The van der Waals surface area contributed by atoms with Crippen molar-refractivity contribution in [3.8, 4) is 0 Å². The largest absolute Gasteiger partial charge is 0.450 e. The van der Waals surface area contributed by atoms with E-state index in [4.69, 9.17) is 14.2 Å². The molecule has 1 fully saturated rings. The molecule has 1 aliphatic heterocycles. The van der Waals surface area contributed by atoms with E-state index in [0.29, 0.717) is 6.61 Å². The van der Waals surface area contributed by atoms with E-state index in [2.05, 4.69) is 5.32 Å². The third-order valence-electron chi connectivity index (χ3n) is 4.65. The number of rotatable bonds is 9. The molecular formula is C21H31NO5. The van der Waals surface area contributed by atoms with Gasteiger partial charge in [-0.3, -0.25) is 4.79 Å². The Balaban J connectivity index is 1.87. The zero-order valence-corrected chi connectivity index (χ0v) is 16.6. The fraction of sp³-hybridized carbons (Fsp3) is 0.619. The van der Waals surface area contributed by atoms with Crippen LogP contribution in [0.2, 0.25) is 0 Å². The Hall–Kier alpha value is -1.92. The zero-order chi connectivity index (χ0) is 19.8. The molecule has 6 heteroatoms. The quantitative estimate of drug-likeness (QED) is 0.670. The molecule has 0 saturated carbocycles. The highest BCUT2D eigenvalue weighted by Gasteiger charge is 2.30. The second-order valence-corrected chi connectivity index (χ2v) is 7.35. The molecule has 1 aromatic carbocycles. The van der Waals surface area contributed by atoms with Crippen LogP contribution >= 0.6 is 0 Å². The molecule has 0 radical (unpaired) electrons. The second kappa shape index (κ2) is 10.4. The first-order valence-corrected chi connectivity index (χ1v) is 9.67. The minimum Gasteiger partial charge on any atom is -0.450 e. The molecule has 4 atom stereocenters. The molecule has 4 unspecified atom stereocenters.